The monoisotopic (exact) mass is 255 g/mol. The van der Waals surface area contributed by atoms with Gasteiger partial charge in [-0.25, -0.2) is 4.68 Å². The van der Waals surface area contributed by atoms with Crippen LogP contribution >= 0.6 is 11.8 Å². The molecule has 1 fully saturated rings. The van der Waals surface area contributed by atoms with E-state index in [0.29, 0.717) is 5.25 Å². The maximum atomic E-state index is 6.21. The van der Waals surface area contributed by atoms with Crippen molar-refractivity contribution in [2.45, 2.75) is 49.6 Å². The van der Waals surface area contributed by atoms with Crippen molar-refractivity contribution >= 4 is 11.8 Å². The topological polar surface area (TPSA) is 69.6 Å². The van der Waals surface area contributed by atoms with Gasteiger partial charge >= 0.3 is 0 Å². The molecule has 0 spiro atoms. The molecule has 0 radical (unpaired) electrons. The van der Waals surface area contributed by atoms with Crippen LogP contribution in [0.25, 0.3) is 0 Å². The fourth-order valence-electron chi connectivity index (χ4n) is 2.38. The van der Waals surface area contributed by atoms with Crippen LogP contribution in [0.2, 0.25) is 0 Å². The quantitative estimate of drug-likeness (QED) is 0.885. The molecule has 2 N–H and O–H groups in total. The zero-order valence-corrected chi connectivity index (χ0v) is 11.5. The molecule has 0 bridgehead atoms. The van der Waals surface area contributed by atoms with E-state index in [1.165, 1.54) is 12.8 Å². The molecule has 1 aliphatic carbocycles. The molecule has 5 nitrogen and oxygen atoms in total. The summed E-state index contributed by atoms with van der Waals surface area (Å²) in [5.41, 5.74) is 6.21. The van der Waals surface area contributed by atoms with Crippen molar-refractivity contribution in [3.63, 3.8) is 0 Å². The maximum absolute atomic E-state index is 6.21. The van der Waals surface area contributed by atoms with Gasteiger partial charge in [0.15, 0.2) is 0 Å². The molecule has 96 valence electrons. The number of nitrogens with two attached hydrogens (primary N) is 1. The average molecular weight is 255 g/mol. The van der Waals surface area contributed by atoms with Crippen LogP contribution in [0.4, 0.5) is 0 Å². The number of nitrogens with zero attached hydrogens (tertiary/aromatic N) is 4. The summed E-state index contributed by atoms with van der Waals surface area (Å²) in [7, 11) is 1.87. The van der Waals surface area contributed by atoms with Crippen LogP contribution < -0.4 is 5.73 Å². The van der Waals surface area contributed by atoms with Gasteiger partial charge in [-0.05, 0) is 41.5 Å². The van der Waals surface area contributed by atoms with Crippen LogP contribution in [-0.2, 0) is 7.05 Å². The summed E-state index contributed by atoms with van der Waals surface area (Å²) in [6.07, 6.45) is 3.55. The highest BCUT2D eigenvalue weighted by Gasteiger charge is 2.31. The van der Waals surface area contributed by atoms with Gasteiger partial charge in [0, 0.05) is 18.3 Å². The maximum Gasteiger partial charge on any atom is 0.209 e. The largest absolute Gasteiger partial charge is 0.327 e. The Morgan fingerprint density at radius 3 is 2.76 bits per heavy atom. The zero-order valence-electron chi connectivity index (χ0n) is 10.7. The second-order valence-corrected chi connectivity index (χ2v) is 6.43. The smallest absolute Gasteiger partial charge is 0.209 e. The molecule has 3 atom stereocenters. The minimum absolute atomic E-state index is 0.270. The van der Waals surface area contributed by atoms with Crippen molar-refractivity contribution in [3.8, 4) is 0 Å². The van der Waals surface area contributed by atoms with Crippen LogP contribution in [0.3, 0.4) is 0 Å². The lowest BCUT2D eigenvalue weighted by Crippen LogP contribution is -2.39. The lowest BCUT2D eigenvalue weighted by molar-refractivity contribution is 0.266. The van der Waals surface area contributed by atoms with Gasteiger partial charge in [0.25, 0.3) is 0 Å². The van der Waals surface area contributed by atoms with E-state index in [4.69, 9.17) is 5.73 Å². The van der Waals surface area contributed by atoms with Crippen LogP contribution in [0.1, 0.15) is 33.1 Å². The normalized spacial score (nSPS) is 29.8. The van der Waals surface area contributed by atoms with Crippen LogP contribution in [-0.4, -0.2) is 31.5 Å². The summed E-state index contributed by atoms with van der Waals surface area (Å²) < 4.78 is 1.72. The van der Waals surface area contributed by atoms with Crippen molar-refractivity contribution < 1.29 is 0 Å². The van der Waals surface area contributed by atoms with E-state index in [1.54, 1.807) is 16.4 Å². The third-order valence-electron chi connectivity index (χ3n) is 3.66. The van der Waals surface area contributed by atoms with Crippen LogP contribution in [0.15, 0.2) is 5.16 Å². The van der Waals surface area contributed by atoms with Gasteiger partial charge in [0.05, 0.1) is 0 Å². The Bertz CT molecular complexity index is 364. The molecule has 6 heteroatoms. The fourth-order valence-corrected chi connectivity index (χ4v) is 3.58. The Morgan fingerprint density at radius 1 is 1.41 bits per heavy atom. The van der Waals surface area contributed by atoms with E-state index in [1.807, 2.05) is 7.05 Å². The molecule has 0 amide bonds. The number of hydrogen-bond acceptors (Lipinski definition) is 5. The molecule has 1 aromatic rings. The molecular formula is C11H21N5S. The number of tetrazole rings is 1. The summed E-state index contributed by atoms with van der Waals surface area (Å²) in [5, 5.41) is 12.9. The highest BCUT2D eigenvalue weighted by molar-refractivity contribution is 7.99. The number of aryl methyl sites for hydroxylation is 1. The SMILES string of the molecule is CC(C)C1CCC(N)C(Sc2nnnn2C)C1. The first-order chi connectivity index (χ1) is 8.08. The van der Waals surface area contributed by atoms with Crippen molar-refractivity contribution in [1.82, 2.24) is 20.2 Å². The third-order valence-corrected chi connectivity index (χ3v) is 5.07. The van der Waals surface area contributed by atoms with E-state index >= 15 is 0 Å². The Hall–Kier alpha value is -0.620. The summed E-state index contributed by atoms with van der Waals surface area (Å²) in [5.74, 6) is 1.52. The Balaban J connectivity index is 2.01. The first-order valence-corrected chi connectivity index (χ1v) is 7.10. The Labute approximate surface area is 107 Å². The average Bonchev–Trinajstić information content (AvgIpc) is 2.67. The lowest BCUT2D eigenvalue weighted by atomic mass is 9.79. The summed E-state index contributed by atoms with van der Waals surface area (Å²) in [4.78, 5) is 0. The molecule has 0 aromatic carbocycles. The van der Waals surface area contributed by atoms with Gasteiger partial charge in [0.2, 0.25) is 5.16 Å². The molecule has 1 aliphatic rings. The Morgan fingerprint density at radius 2 is 2.18 bits per heavy atom. The predicted molar refractivity (Wildman–Crippen MR) is 68.6 cm³/mol. The molecule has 1 saturated carbocycles. The van der Waals surface area contributed by atoms with E-state index in [-0.39, 0.29) is 6.04 Å². The van der Waals surface area contributed by atoms with Crippen molar-refractivity contribution in [2.75, 3.05) is 0 Å². The van der Waals surface area contributed by atoms with Gasteiger partial charge in [-0.2, -0.15) is 0 Å². The molecule has 0 saturated heterocycles. The van der Waals surface area contributed by atoms with E-state index in [9.17, 15) is 0 Å². The summed E-state index contributed by atoms with van der Waals surface area (Å²) >= 11 is 1.73. The number of thioether (sulfide) groups is 1. The fraction of sp³-hybridized carbons (Fsp3) is 0.909. The van der Waals surface area contributed by atoms with Crippen molar-refractivity contribution in [1.29, 1.82) is 0 Å². The highest BCUT2D eigenvalue weighted by atomic mass is 32.2. The van der Waals surface area contributed by atoms with E-state index < -0.39 is 0 Å². The predicted octanol–water partition coefficient (Wildman–Crippen LogP) is 1.45. The number of aromatic nitrogens is 4. The van der Waals surface area contributed by atoms with Gasteiger partial charge in [-0.1, -0.05) is 25.6 Å². The summed E-state index contributed by atoms with van der Waals surface area (Å²) in [6.45, 7) is 4.60. The molecular weight excluding hydrogens is 234 g/mol. The molecule has 0 aliphatic heterocycles. The molecule has 1 heterocycles. The first-order valence-electron chi connectivity index (χ1n) is 6.22. The Kier molecular flexibility index (Phi) is 4.04. The number of rotatable bonds is 3. The molecule has 3 unspecified atom stereocenters. The molecule has 2 rings (SSSR count). The minimum Gasteiger partial charge on any atom is -0.327 e. The molecule has 17 heavy (non-hydrogen) atoms. The second-order valence-electron chi connectivity index (χ2n) is 5.22. The van der Waals surface area contributed by atoms with Gasteiger partial charge in [-0.15, -0.1) is 5.10 Å². The van der Waals surface area contributed by atoms with Gasteiger partial charge in [-0.3, -0.25) is 0 Å². The van der Waals surface area contributed by atoms with Crippen LogP contribution in [0.5, 0.6) is 0 Å². The number of hydrogen-bond donors (Lipinski definition) is 1. The lowest BCUT2D eigenvalue weighted by Gasteiger charge is -2.35. The molecule has 1 aromatic heterocycles. The summed E-state index contributed by atoms with van der Waals surface area (Å²) in [6, 6.07) is 0.270. The minimum atomic E-state index is 0.270. The van der Waals surface area contributed by atoms with Gasteiger partial charge < -0.3 is 5.73 Å². The second kappa shape index (κ2) is 5.35. The zero-order chi connectivity index (χ0) is 12.4. The van der Waals surface area contributed by atoms with Gasteiger partial charge in [0.1, 0.15) is 0 Å². The van der Waals surface area contributed by atoms with Crippen molar-refractivity contribution in [3.05, 3.63) is 0 Å². The van der Waals surface area contributed by atoms with Crippen LogP contribution in [0, 0.1) is 11.8 Å². The van der Waals surface area contributed by atoms with E-state index in [2.05, 4.69) is 29.4 Å². The highest BCUT2D eigenvalue weighted by Crippen LogP contribution is 2.37. The van der Waals surface area contributed by atoms with E-state index in [0.717, 1.165) is 23.4 Å². The first kappa shape index (κ1) is 12.8. The standard InChI is InChI=1S/C11H21N5S/c1-7(2)8-4-5-9(12)10(6-8)17-11-13-14-15-16(11)3/h7-10H,4-6,12H2,1-3H3. The van der Waals surface area contributed by atoms with Crippen molar-refractivity contribution in [2.24, 2.45) is 24.6 Å². The third kappa shape index (κ3) is 2.98.